The molecule has 1 aromatic carbocycles. The van der Waals surface area contributed by atoms with Gasteiger partial charge in [-0.2, -0.15) is 8.42 Å². The van der Waals surface area contributed by atoms with Gasteiger partial charge >= 0.3 is 10.2 Å². The minimum Gasteiger partial charge on any atom is -0.270 e. The van der Waals surface area contributed by atoms with E-state index in [0.717, 1.165) is 0 Å². The Labute approximate surface area is 77.3 Å². The zero-order valence-corrected chi connectivity index (χ0v) is 7.93. The quantitative estimate of drug-likeness (QED) is 0.604. The van der Waals surface area contributed by atoms with Crippen LogP contribution in [0.25, 0.3) is 0 Å². The van der Waals surface area contributed by atoms with Gasteiger partial charge in [0, 0.05) is 5.69 Å². The van der Waals surface area contributed by atoms with Crippen LogP contribution in [0, 0.1) is 0 Å². The molecule has 0 aliphatic rings. The van der Waals surface area contributed by atoms with E-state index >= 15 is 0 Å². The molecule has 0 unspecified atom stereocenters. The SMILES string of the molecule is CNNS(=O)(=O)Nc1ccccc1. The van der Waals surface area contributed by atoms with Crippen molar-refractivity contribution in [1.29, 1.82) is 0 Å². The molecule has 72 valence electrons. The monoisotopic (exact) mass is 201 g/mol. The number of hydrogen-bond acceptors (Lipinski definition) is 3. The number of hydrogen-bond donors (Lipinski definition) is 3. The molecule has 13 heavy (non-hydrogen) atoms. The molecule has 0 saturated heterocycles. The zero-order valence-electron chi connectivity index (χ0n) is 7.11. The van der Waals surface area contributed by atoms with Crippen molar-refractivity contribution in [3.05, 3.63) is 30.3 Å². The fraction of sp³-hybridized carbons (Fsp3) is 0.143. The molecule has 0 spiro atoms. The summed E-state index contributed by atoms with van der Waals surface area (Å²) in [6.07, 6.45) is 0. The summed E-state index contributed by atoms with van der Waals surface area (Å²) < 4.78 is 24.5. The van der Waals surface area contributed by atoms with Gasteiger partial charge in [0.05, 0.1) is 0 Å². The van der Waals surface area contributed by atoms with Gasteiger partial charge in [0.2, 0.25) is 0 Å². The smallest absolute Gasteiger partial charge is 0.270 e. The van der Waals surface area contributed by atoms with Gasteiger partial charge in [0.15, 0.2) is 0 Å². The molecule has 3 N–H and O–H groups in total. The van der Waals surface area contributed by atoms with Crippen LogP contribution in [0.3, 0.4) is 0 Å². The van der Waals surface area contributed by atoms with Crippen LogP contribution >= 0.6 is 0 Å². The molecular formula is C7H11N3O2S. The van der Waals surface area contributed by atoms with E-state index in [2.05, 4.69) is 15.0 Å². The molecule has 0 bridgehead atoms. The molecule has 0 aromatic heterocycles. The Kier molecular flexibility index (Phi) is 3.24. The Morgan fingerprint density at radius 1 is 1.15 bits per heavy atom. The summed E-state index contributed by atoms with van der Waals surface area (Å²) in [7, 11) is -2.02. The van der Waals surface area contributed by atoms with Crippen LogP contribution in [0.5, 0.6) is 0 Å². The maximum Gasteiger partial charge on any atom is 0.311 e. The van der Waals surface area contributed by atoms with Crippen LogP contribution in [-0.4, -0.2) is 15.5 Å². The average molecular weight is 201 g/mol. The Morgan fingerprint density at radius 3 is 2.31 bits per heavy atom. The van der Waals surface area contributed by atoms with Crippen molar-refractivity contribution in [2.75, 3.05) is 11.8 Å². The van der Waals surface area contributed by atoms with E-state index in [4.69, 9.17) is 0 Å². The molecule has 1 aromatic rings. The third-order valence-electron chi connectivity index (χ3n) is 1.26. The molecule has 0 saturated carbocycles. The van der Waals surface area contributed by atoms with Crippen molar-refractivity contribution >= 4 is 15.9 Å². The van der Waals surface area contributed by atoms with E-state index in [9.17, 15) is 8.42 Å². The van der Waals surface area contributed by atoms with Crippen molar-refractivity contribution in [2.24, 2.45) is 0 Å². The number of para-hydroxylation sites is 1. The van der Waals surface area contributed by atoms with Gasteiger partial charge in [-0.25, -0.2) is 5.43 Å². The second-order valence-electron chi connectivity index (χ2n) is 2.32. The lowest BCUT2D eigenvalue weighted by Crippen LogP contribution is -2.38. The molecule has 6 heteroatoms. The summed E-state index contributed by atoms with van der Waals surface area (Å²) in [5.41, 5.74) is 2.85. The molecule has 0 aliphatic carbocycles. The molecule has 0 atom stereocenters. The average Bonchev–Trinajstić information content (AvgIpc) is 2.04. The van der Waals surface area contributed by atoms with Crippen LogP contribution in [0.2, 0.25) is 0 Å². The lowest BCUT2D eigenvalue weighted by Gasteiger charge is -2.07. The second kappa shape index (κ2) is 4.22. The Balaban J connectivity index is 2.70. The standard InChI is InChI=1S/C7H11N3O2S/c1-8-10-13(11,12)9-7-5-3-2-4-6-7/h2-6,8-10H,1H3. The number of hydrazine groups is 1. The van der Waals surface area contributed by atoms with E-state index in [0.29, 0.717) is 5.69 Å². The lowest BCUT2D eigenvalue weighted by molar-refractivity contribution is 0.576. The van der Waals surface area contributed by atoms with E-state index in [1.165, 1.54) is 7.05 Å². The van der Waals surface area contributed by atoms with Crippen molar-refractivity contribution < 1.29 is 8.42 Å². The van der Waals surface area contributed by atoms with Crippen LogP contribution in [0.1, 0.15) is 0 Å². The van der Waals surface area contributed by atoms with Gasteiger partial charge < -0.3 is 0 Å². The first-order chi connectivity index (χ1) is 6.14. The first-order valence-electron chi connectivity index (χ1n) is 3.65. The minimum atomic E-state index is -3.50. The second-order valence-corrected chi connectivity index (χ2v) is 3.74. The van der Waals surface area contributed by atoms with E-state index in [1.807, 2.05) is 6.07 Å². The first-order valence-corrected chi connectivity index (χ1v) is 5.14. The van der Waals surface area contributed by atoms with Crippen molar-refractivity contribution in [1.82, 2.24) is 10.3 Å². The Hall–Kier alpha value is -1.11. The highest BCUT2D eigenvalue weighted by atomic mass is 32.2. The summed E-state index contributed by atoms with van der Waals surface area (Å²) in [4.78, 5) is 2.08. The van der Waals surface area contributed by atoms with Crippen LogP contribution in [0.15, 0.2) is 30.3 Å². The molecule has 0 fully saturated rings. The van der Waals surface area contributed by atoms with Gasteiger partial charge in [-0.05, 0) is 19.2 Å². The summed E-state index contributed by atoms with van der Waals surface area (Å²) >= 11 is 0. The van der Waals surface area contributed by atoms with Crippen LogP contribution in [-0.2, 0) is 10.2 Å². The molecule has 0 amide bonds. The van der Waals surface area contributed by atoms with Crippen LogP contribution in [0.4, 0.5) is 5.69 Å². The number of nitrogens with one attached hydrogen (secondary N) is 3. The van der Waals surface area contributed by atoms with Crippen molar-refractivity contribution in [2.45, 2.75) is 0 Å². The molecule has 0 heterocycles. The summed E-state index contributed by atoms with van der Waals surface area (Å²) in [5.74, 6) is 0. The normalized spacial score (nSPS) is 11.2. The highest BCUT2D eigenvalue weighted by Crippen LogP contribution is 2.05. The fourth-order valence-electron chi connectivity index (χ4n) is 0.821. The van der Waals surface area contributed by atoms with Gasteiger partial charge in [-0.3, -0.25) is 4.72 Å². The lowest BCUT2D eigenvalue weighted by atomic mass is 10.3. The molecule has 5 nitrogen and oxygen atoms in total. The minimum absolute atomic E-state index is 0.519. The number of anilines is 1. The Bertz CT molecular complexity index is 349. The maximum absolute atomic E-state index is 11.1. The Morgan fingerprint density at radius 2 is 1.77 bits per heavy atom. The summed E-state index contributed by atoms with van der Waals surface area (Å²) in [6.45, 7) is 0. The van der Waals surface area contributed by atoms with Crippen molar-refractivity contribution in [3.63, 3.8) is 0 Å². The van der Waals surface area contributed by atoms with Gasteiger partial charge in [-0.1, -0.05) is 18.2 Å². The predicted octanol–water partition coefficient (Wildman–Crippen LogP) is 0.0673. The van der Waals surface area contributed by atoms with E-state index < -0.39 is 10.2 Å². The predicted molar refractivity (Wildman–Crippen MR) is 51.2 cm³/mol. The third kappa shape index (κ3) is 3.41. The fourth-order valence-corrected chi connectivity index (χ4v) is 1.59. The topological polar surface area (TPSA) is 70.2 Å². The molecule has 0 aliphatic heterocycles. The van der Waals surface area contributed by atoms with Gasteiger partial charge in [-0.15, -0.1) is 4.83 Å². The summed E-state index contributed by atoms with van der Waals surface area (Å²) in [6, 6.07) is 8.63. The number of rotatable bonds is 4. The number of benzene rings is 1. The maximum atomic E-state index is 11.1. The third-order valence-corrected chi connectivity index (χ3v) is 2.24. The first kappa shape index (κ1) is 9.97. The largest absolute Gasteiger partial charge is 0.311 e. The van der Waals surface area contributed by atoms with E-state index in [1.54, 1.807) is 24.3 Å². The van der Waals surface area contributed by atoms with Gasteiger partial charge in [0.1, 0.15) is 0 Å². The molecular weight excluding hydrogens is 190 g/mol. The van der Waals surface area contributed by atoms with Gasteiger partial charge in [0.25, 0.3) is 0 Å². The van der Waals surface area contributed by atoms with E-state index in [-0.39, 0.29) is 0 Å². The van der Waals surface area contributed by atoms with Crippen LogP contribution < -0.4 is 15.0 Å². The highest BCUT2D eigenvalue weighted by molar-refractivity contribution is 7.90. The highest BCUT2D eigenvalue weighted by Gasteiger charge is 2.06. The van der Waals surface area contributed by atoms with Crippen molar-refractivity contribution in [3.8, 4) is 0 Å². The zero-order chi connectivity index (χ0) is 9.73. The molecule has 1 rings (SSSR count). The molecule has 0 radical (unpaired) electrons. The summed E-state index contributed by atoms with van der Waals surface area (Å²) in [5, 5.41) is 0.